The number of ether oxygens (including phenoxy) is 1. The molecule has 3 heterocycles. The molecule has 0 fully saturated rings. The fourth-order valence-electron chi connectivity index (χ4n) is 3.78. The van der Waals surface area contributed by atoms with Crippen molar-refractivity contribution in [2.24, 2.45) is 0 Å². The average molecular weight is 399 g/mol. The molecule has 0 aromatic carbocycles. The van der Waals surface area contributed by atoms with Gasteiger partial charge in [-0.25, -0.2) is 0 Å². The summed E-state index contributed by atoms with van der Waals surface area (Å²) in [6.07, 6.45) is 5.92. The minimum Gasteiger partial charge on any atom is -0.495 e. The summed E-state index contributed by atoms with van der Waals surface area (Å²) >= 11 is 3.26. The molecular formula is C17H22BBrF2N2O. The second-order valence-electron chi connectivity index (χ2n) is 6.42. The lowest BCUT2D eigenvalue weighted by Gasteiger charge is -2.29. The van der Waals surface area contributed by atoms with Gasteiger partial charge in [-0.3, -0.25) is 0 Å². The van der Waals surface area contributed by atoms with Gasteiger partial charge < -0.3 is 22.3 Å². The number of methoxy groups -OCH3 is 1. The Labute approximate surface area is 149 Å². The number of allylic oxidation sites excluding steroid dienone is 2. The number of hydrogen-bond donors (Lipinski definition) is 0. The molecule has 0 aliphatic carbocycles. The van der Waals surface area contributed by atoms with Crippen molar-refractivity contribution in [3.8, 4) is 5.75 Å². The van der Waals surface area contributed by atoms with E-state index in [1.807, 2.05) is 13.0 Å². The maximum absolute atomic E-state index is 15.3. The standard InChI is InChI=1S/C17H22BBrF2N2O/c1-5-6-7-8-13-11(2)14-9-15-16(24-4)10-17(19)23(15)18(20,21)22(14)12(13)3/h9-10H,5-8H2,1-4H3. The molecule has 1 aromatic heterocycles. The molecule has 24 heavy (non-hydrogen) atoms. The first-order valence-corrected chi connectivity index (χ1v) is 9.16. The third kappa shape index (κ3) is 2.39. The Bertz CT molecular complexity index is 793. The van der Waals surface area contributed by atoms with Crippen molar-refractivity contribution in [2.45, 2.75) is 46.5 Å². The molecule has 0 saturated carbocycles. The van der Waals surface area contributed by atoms with Crippen molar-refractivity contribution in [3.05, 3.63) is 33.2 Å². The molecule has 0 amide bonds. The topological polar surface area (TPSA) is 17.2 Å². The Morgan fingerprint density at radius 1 is 1.29 bits per heavy atom. The van der Waals surface area contributed by atoms with E-state index >= 15 is 8.63 Å². The minimum absolute atomic E-state index is 0.333. The summed E-state index contributed by atoms with van der Waals surface area (Å²) in [6.45, 7) is 1.95. The number of rotatable bonds is 5. The van der Waals surface area contributed by atoms with E-state index in [2.05, 4.69) is 22.9 Å². The van der Waals surface area contributed by atoms with E-state index in [0.29, 0.717) is 27.5 Å². The van der Waals surface area contributed by atoms with E-state index in [1.54, 1.807) is 13.0 Å². The van der Waals surface area contributed by atoms with E-state index in [9.17, 15) is 0 Å². The van der Waals surface area contributed by atoms with Crippen molar-refractivity contribution in [1.29, 1.82) is 0 Å². The van der Waals surface area contributed by atoms with Gasteiger partial charge in [0.05, 0.1) is 17.4 Å². The molecule has 0 spiro atoms. The van der Waals surface area contributed by atoms with Gasteiger partial charge in [0.2, 0.25) is 0 Å². The summed E-state index contributed by atoms with van der Waals surface area (Å²) < 4.78 is 38.5. The van der Waals surface area contributed by atoms with Crippen molar-refractivity contribution in [1.82, 2.24) is 4.48 Å². The third-order valence-corrected chi connectivity index (χ3v) is 5.64. The zero-order chi connectivity index (χ0) is 17.6. The van der Waals surface area contributed by atoms with Crippen LogP contribution >= 0.6 is 15.9 Å². The molecule has 7 heteroatoms. The smallest absolute Gasteiger partial charge is 0.495 e. The highest BCUT2D eigenvalue weighted by Crippen LogP contribution is 2.43. The molecule has 2 aliphatic rings. The largest absolute Gasteiger partial charge is 0.738 e. The predicted molar refractivity (Wildman–Crippen MR) is 97.8 cm³/mol. The number of halogens is 3. The molecule has 2 aliphatic heterocycles. The van der Waals surface area contributed by atoms with E-state index in [4.69, 9.17) is 4.74 Å². The van der Waals surface area contributed by atoms with Gasteiger partial charge in [0.15, 0.2) is 5.70 Å². The lowest BCUT2D eigenvalue weighted by molar-refractivity contribution is -0.363. The maximum Gasteiger partial charge on any atom is 0.738 e. The number of unbranched alkanes of at least 4 members (excludes halogenated alkanes) is 2. The van der Waals surface area contributed by atoms with Crippen LogP contribution < -0.4 is 4.74 Å². The fraction of sp³-hybridized carbons (Fsp3) is 0.471. The lowest BCUT2D eigenvalue weighted by Crippen LogP contribution is -2.50. The number of nitrogens with zero attached hydrogens (tertiary/aromatic N) is 2. The SMILES string of the molecule is CCCCCC1=C(C)C2=Cc3c(OC)cc(Br)n3[B-](F)(F)[N+]2=C1C. The average Bonchev–Trinajstić information content (AvgIpc) is 2.97. The van der Waals surface area contributed by atoms with Crippen LogP contribution in [0.3, 0.4) is 0 Å². The zero-order valence-electron chi connectivity index (χ0n) is 14.5. The van der Waals surface area contributed by atoms with Crippen molar-refractivity contribution >= 4 is 34.7 Å². The number of aromatic nitrogens is 1. The van der Waals surface area contributed by atoms with Gasteiger partial charge in [0, 0.05) is 30.2 Å². The maximum atomic E-state index is 15.3. The van der Waals surface area contributed by atoms with E-state index in [0.717, 1.165) is 41.3 Å². The summed E-state index contributed by atoms with van der Waals surface area (Å²) in [4.78, 5) is 0. The number of fused-ring (bicyclic) bond motifs is 2. The van der Waals surface area contributed by atoms with Crippen LogP contribution in [0.5, 0.6) is 5.75 Å². The van der Waals surface area contributed by atoms with Gasteiger partial charge >= 0.3 is 6.97 Å². The summed E-state index contributed by atoms with van der Waals surface area (Å²) in [5, 5.41) is 0. The highest BCUT2D eigenvalue weighted by atomic mass is 79.9. The quantitative estimate of drug-likeness (QED) is 0.490. The Balaban J connectivity index is 2.15. The van der Waals surface area contributed by atoms with Crippen LogP contribution in [-0.4, -0.2) is 28.8 Å². The monoisotopic (exact) mass is 398 g/mol. The van der Waals surface area contributed by atoms with Crippen LogP contribution in [-0.2, 0) is 0 Å². The normalized spacial score (nSPS) is 18.7. The first-order valence-electron chi connectivity index (χ1n) is 8.36. The molecule has 0 radical (unpaired) electrons. The summed E-state index contributed by atoms with van der Waals surface area (Å²) in [6, 6.07) is 1.60. The van der Waals surface area contributed by atoms with Gasteiger partial charge in [-0.1, -0.05) is 19.8 Å². The summed E-state index contributed by atoms with van der Waals surface area (Å²) in [5.41, 5.74) is 3.70. The van der Waals surface area contributed by atoms with Crippen molar-refractivity contribution in [3.63, 3.8) is 0 Å². The molecule has 0 unspecified atom stereocenters. The molecule has 3 nitrogen and oxygen atoms in total. The minimum atomic E-state index is -3.95. The Morgan fingerprint density at radius 3 is 2.62 bits per heavy atom. The third-order valence-electron chi connectivity index (χ3n) is 5.03. The molecular weight excluding hydrogens is 377 g/mol. The number of hydrogen-bond acceptors (Lipinski definition) is 1. The Hall–Kier alpha value is -1.37. The first-order chi connectivity index (χ1) is 11.3. The highest BCUT2D eigenvalue weighted by Gasteiger charge is 2.54. The zero-order valence-corrected chi connectivity index (χ0v) is 16.1. The second-order valence-corrected chi connectivity index (χ2v) is 7.24. The van der Waals surface area contributed by atoms with E-state index in [-0.39, 0.29) is 0 Å². The Kier molecular flexibility index (Phi) is 4.49. The van der Waals surface area contributed by atoms with Crippen molar-refractivity contribution in [2.75, 3.05) is 7.11 Å². The van der Waals surface area contributed by atoms with Gasteiger partial charge in [-0.15, -0.1) is 0 Å². The summed E-state index contributed by atoms with van der Waals surface area (Å²) in [5.74, 6) is 0.459. The van der Waals surface area contributed by atoms with Gasteiger partial charge in [0.25, 0.3) is 0 Å². The first kappa shape index (κ1) is 17.5. The second kappa shape index (κ2) is 6.17. The van der Waals surface area contributed by atoms with Crippen LogP contribution in [0.2, 0.25) is 0 Å². The van der Waals surface area contributed by atoms with Gasteiger partial charge in [-0.05, 0) is 35.7 Å². The molecule has 3 rings (SSSR count). The van der Waals surface area contributed by atoms with Gasteiger partial charge in [0.1, 0.15) is 11.5 Å². The molecule has 0 bridgehead atoms. The molecule has 0 saturated heterocycles. The summed E-state index contributed by atoms with van der Waals surface area (Å²) in [7, 11) is 1.50. The van der Waals surface area contributed by atoms with Crippen molar-refractivity contribution < 1.29 is 17.9 Å². The van der Waals surface area contributed by atoms with E-state index < -0.39 is 6.97 Å². The fourth-order valence-corrected chi connectivity index (χ4v) is 4.43. The van der Waals surface area contributed by atoms with Crippen LogP contribution in [0.25, 0.3) is 6.08 Å². The Morgan fingerprint density at radius 2 is 2.00 bits per heavy atom. The van der Waals surface area contributed by atoms with Crippen LogP contribution in [0.15, 0.2) is 27.5 Å². The molecule has 0 atom stereocenters. The molecule has 1 aromatic rings. The lowest BCUT2D eigenvalue weighted by atomic mass is 9.90. The highest BCUT2D eigenvalue weighted by molar-refractivity contribution is 9.10. The molecule has 0 N–H and O–H groups in total. The predicted octanol–water partition coefficient (Wildman–Crippen LogP) is 5.22. The van der Waals surface area contributed by atoms with E-state index in [1.165, 1.54) is 11.6 Å². The van der Waals surface area contributed by atoms with Crippen LogP contribution in [0.1, 0.15) is 52.1 Å². The van der Waals surface area contributed by atoms with Crippen LogP contribution in [0, 0.1) is 0 Å². The van der Waals surface area contributed by atoms with Crippen LogP contribution in [0.4, 0.5) is 8.63 Å². The molecule has 130 valence electrons. The van der Waals surface area contributed by atoms with Gasteiger partial charge in [-0.2, -0.15) is 0 Å².